The van der Waals surface area contributed by atoms with Crippen LogP contribution in [0.1, 0.15) is 17.5 Å². The van der Waals surface area contributed by atoms with E-state index in [2.05, 4.69) is 17.2 Å². The van der Waals surface area contributed by atoms with E-state index >= 15 is 0 Å². The number of benzene rings is 2. The Morgan fingerprint density at radius 3 is 2.75 bits per heavy atom. The summed E-state index contributed by atoms with van der Waals surface area (Å²) in [6, 6.07) is 14.8. The van der Waals surface area contributed by atoms with E-state index in [-0.39, 0.29) is 6.61 Å². The molecule has 0 aliphatic carbocycles. The normalized spacial score (nSPS) is 9.58. The number of hydrogen-bond acceptors (Lipinski definition) is 3. The van der Waals surface area contributed by atoms with Crippen molar-refractivity contribution in [3.8, 4) is 17.6 Å². The van der Waals surface area contributed by atoms with Gasteiger partial charge in [-0.2, -0.15) is 0 Å². The molecular formula is C19H18ClNO3. The van der Waals surface area contributed by atoms with E-state index in [0.29, 0.717) is 23.7 Å². The highest BCUT2D eigenvalue weighted by Crippen LogP contribution is 2.19. The van der Waals surface area contributed by atoms with Crippen molar-refractivity contribution < 1.29 is 14.3 Å². The van der Waals surface area contributed by atoms with Crippen molar-refractivity contribution in [3.63, 3.8) is 0 Å². The first kappa shape index (κ1) is 17.7. The van der Waals surface area contributed by atoms with E-state index in [1.165, 1.54) is 0 Å². The summed E-state index contributed by atoms with van der Waals surface area (Å²) in [6.45, 7) is 0.666. The molecule has 5 heteroatoms. The molecule has 0 aliphatic heterocycles. The average Bonchev–Trinajstić information content (AvgIpc) is 2.60. The lowest BCUT2D eigenvalue weighted by atomic mass is 10.2. The van der Waals surface area contributed by atoms with E-state index in [1.807, 2.05) is 30.3 Å². The number of hydrogen-bond donors (Lipinski definition) is 1. The van der Waals surface area contributed by atoms with E-state index in [0.717, 1.165) is 11.1 Å². The fourth-order valence-electron chi connectivity index (χ4n) is 1.92. The van der Waals surface area contributed by atoms with E-state index < -0.39 is 6.09 Å². The molecule has 4 nitrogen and oxygen atoms in total. The summed E-state index contributed by atoms with van der Waals surface area (Å²) in [5, 5.41) is 3.23. The number of methoxy groups -OCH3 is 1. The van der Waals surface area contributed by atoms with Crippen LogP contribution in [-0.4, -0.2) is 19.7 Å². The second-order valence-electron chi connectivity index (χ2n) is 4.92. The second-order valence-corrected chi connectivity index (χ2v) is 5.36. The quantitative estimate of drug-likeness (QED) is 0.659. The highest BCUT2D eigenvalue weighted by molar-refractivity contribution is 6.30. The molecule has 0 unspecified atom stereocenters. The molecule has 0 spiro atoms. The van der Waals surface area contributed by atoms with Gasteiger partial charge >= 0.3 is 6.09 Å². The zero-order chi connectivity index (χ0) is 17.2. The topological polar surface area (TPSA) is 47.6 Å². The first-order valence-corrected chi connectivity index (χ1v) is 7.83. The Hall–Kier alpha value is -2.64. The lowest BCUT2D eigenvalue weighted by Gasteiger charge is -2.05. The van der Waals surface area contributed by atoms with Crippen molar-refractivity contribution in [2.45, 2.75) is 13.0 Å². The van der Waals surface area contributed by atoms with Gasteiger partial charge in [-0.1, -0.05) is 53.8 Å². The van der Waals surface area contributed by atoms with Gasteiger partial charge in [-0.3, -0.25) is 0 Å². The molecular weight excluding hydrogens is 326 g/mol. The predicted octanol–water partition coefficient (Wildman–Crippen LogP) is 4.02. The molecule has 0 saturated carbocycles. The SMILES string of the molecule is COc1cc(Cl)cc(C#CCCNC(=O)OCc2ccccc2)c1. The molecule has 0 radical (unpaired) electrons. The van der Waals surface area contributed by atoms with E-state index in [9.17, 15) is 4.79 Å². The van der Waals surface area contributed by atoms with Crippen molar-refractivity contribution in [3.05, 3.63) is 64.7 Å². The largest absolute Gasteiger partial charge is 0.497 e. The van der Waals surface area contributed by atoms with Crippen LogP contribution in [0.4, 0.5) is 4.79 Å². The van der Waals surface area contributed by atoms with Crippen LogP contribution in [0.25, 0.3) is 0 Å². The van der Waals surface area contributed by atoms with Gasteiger partial charge in [0.15, 0.2) is 0 Å². The monoisotopic (exact) mass is 343 g/mol. The van der Waals surface area contributed by atoms with Gasteiger partial charge in [-0.15, -0.1) is 0 Å². The van der Waals surface area contributed by atoms with Gasteiger partial charge in [0.05, 0.1) is 7.11 Å². The van der Waals surface area contributed by atoms with E-state index in [4.69, 9.17) is 21.1 Å². The summed E-state index contributed by atoms with van der Waals surface area (Å²) in [7, 11) is 1.58. The highest BCUT2D eigenvalue weighted by Gasteiger charge is 2.01. The first-order valence-electron chi connectivity index (χ1n) is 7.45. The molecule has 0 aromatic heterocycles. The molecule has 1 N–H and O–H groups in total. The van der Waals surface area contributed by atoms with Gasteiger partial charge in [0.2, 0.25) is 0 Å². The van der Waals surface area contributed by atoms with Crippen LogP contribution in [0.15, 0.2) is 48.5 Å². The minimum Gasteiger partial charge on any atom is -0.497 e. The van der Waals surface area contributed by atoms with Crippen LogP contribution in [-0.2, 0) is 11.3 Å². The molecule has 0 aliphatic rings. The summed E-state index contributed by atoms with van der Waals surface area (Å²) in [5.41, 5.74) is 1.72. The molecule has 0 heterocycles. The Morgan fingerprint density at radius 2 is 2.00 bits per heavy atom. The summed E-state index contributed by atoms with van der Waals surface area (Å²) >= 11 is 5.97. The lowest BCUT2D eigenvalue weighted by Crippen LogP contribution is -2.24. The number of amides is 1. The minimum atomic E-state index is -0.454. The molecule has 1 amide bonds. The van der Waals surface area contributed by atoms with Gasteiger partial charge in [-0.25, -0.2) is 4.79 Å². The lowest BCUT2D eigenvalue weighted by molar-refractivity contribution is 0.140. The Labute approximate surface area is 146 Å². The summed E-state index contributed by atoms with van der Waals surface area (Å²) in [5.74, 6) is 6.62. The number of carbonyl (C=O) groups excluding carboxylic acids is 1. The fourth-order valence-corrected chi connectivity index (χ4v) is 2.14. The molecule has 0 bridgehead atoms. The number of halogens is 1. The molecule has 0 fully saturated rings. The summed E-state index contributed by atoms with van der Waals surface area (Å²) < 4.78 is 10.2. The Bertz CT molecular complexity index is 735. The van der Waals surface area contributed by atoms with Crippen molar-refractivity contribution in [1.29, 1.82) is 0 Å². The Balaban J connectivity index is 1.71. The maximum Gasteiger partial charge on any atom is 0.407 e. The molecule has 2 rings (SSSR count). The zero-order valence-corrected chi connectivity index (χ0v) is 14.1. The van der Waals surface area contributed by atoms with Crippen molar-refractivity contribution in [2.75, 3.05) is 13.7 Å². The zero-order valence-electron chi connectivity index (χ0n) is 13.3. The number of alkyl carbamates (subject to hydrolysis) is 1. The number of carbonyl (C=O) groups is 1. The molecule has 2 aromatic rings. The number of nitrogens with one attached hydrogen (secondary N) is 1. The van der Waals surface area contributed by atoms with E-state index in [1.54, 1.807) is 25.3 Å². The maximum absolute atomic E-state index is 11.6. The minimum absolute atomic E-state index is 0.251. The molecule has 2 aromatic carbocycles. The fraction of sp³-hybridized carbons (Fsp3) is 0.211. The van der Waals surface area contributed by atoms with Crippen LogP contribution in [0.3, 0.4) is 0 Å². The smallest absolute Gasteiger partial charge is 0.407 e. The van der Waals surface area contributed by atoms with Gasteiger partial charge in [0.1, 0.15) is 12.4 Å². The van der Waals surface area contributed by atoms with Crippen LogP contribution in [0, 0.1) is 11.8 Å². The van der Waals surface area contributed by atoms with Crippen molar-refractivity contribution >= 4 is 17.7 Å². The van der Waals surface area contributed by atoms with Crippen LogP contribution in [0.2, 0.25) is 5.02 Å². The van der Waals surface area contributed by atoms with Crippen LogP contribution >= 0.6 is 11.6 Å². The number of ether oxygens (including phenoxy) is 2. The molecule has 0 saturated heterocycles. The van der Waals surface area contributed by atoms with Crippen LogP contribution < -0.4 is 10.1 Å². The highest BCUT2D eigenvalue weighted by atomic mass is 35.5. The molecule has 124 valence electrons. The Morgan fingerprint density at radius 1 is 1.21 bits per heavy atom. The second kappa shape index (κ2) is 9.49. The van der Waals surface area contributed by atoms with Gasteiger partial charge in [-0.05, 0) is 23.8 Å². The average molecular weight is 344 g/mol. The maximum atomic E-state index is 11.6. The third kappa shape index (κ3) is 6.23. The third-order valence-corrected chi connectivity index (χ3v) is 3.29. The van der Waals surface area contributed by atoms with Gasteiger partial charge < -0.3 is 14.8 Å². The third-order valence-electron chi connectivity index (χ3n) is 3.07. The van der Waals surface area contributed by atoms with Gasteiger partial charge in [0.25, 0.3) is 0 Å². The van der Waals surface area contributed by atoms with Gasteiger partial charge in [0, 0.05) is 23.6 Å². The molecule has 24 heavy (non-hydrogen) atoms. The standard InChI is InChI=1S/C19H18ClNO3/c1-23-18-12-16(11-17(20)13-18)9-5-6-10-21-19(22)24-14-15-7-3-2-4-8-15/h2-4,7-8,11-13H,6,10,14H2,1H3,(H,21,22). The Kier molecular flexibility index (Phi) is 7.00. The summed E-state index contributed by atoms with van der Waals surface area (Å²) in [4.78, 5) is 11.6. The van der Waals surface area contributed by atoms with Crippen LogP contribution in [0.5, 0.6) is 5.75 Å². The predicted molar refractivity (Wildman–Crippen MR) is 94.1 cm³/mol. The number of rotatable bonds is 5. The summed E-state index contributed by atoms with van der Waals surface area (Å²) in [6.07, 6.45) is 0.0556. The molecule has 0 atom stereocenters. The first-order chi connectivity index (χ1) is 11.7. The van der Waals surface area contributed by atoms with Crippen molar-refractivity contribution in [2.24, 2.45) is 0 Å². The van der Waals surface area contributed by atoms with Crippen molar-refractivity contribution in [1.82, 2.24) is 5.32 Å².